The number of carbonyl (C=O) groups is 2. The lowest BCUT2D eigenvalue weighted by Gasteiger charge is -2.39. The highest BCUT2D eigenvalue weighted by molar-refractivity contribution is 5.94. The molecule has 0 unspecified atom stereocenters. The Labute approximate surface area is 210 Å². The normalized spacial score (nSPS) is 23.3. The third kappa shape index (κ3) is 5.41. The van der Waals surface area contributed by atoms with E-state index in [1.54, 1.807) is 4.90 Å². The van der Waals surface area contributed by atoms with Gasteiger partial charge in [0.25, 0.3) is 5.91 Å². The maximum absolute atomic E-state index is 14.3. The van der Waals surface area contributed by atoms with Gasteiger partial charge in [0.2, 0.25) is 11.8 Å². The highest BCUT2D eigenvalue weighted by atomic mass is 19.4. The first kappa shape index (κ1) is 25.4. The van der Waals surface area contributed by atoms with Crippen molar-refractivity contribution in [2.24, 2.45) is 5.92 Å². The molecule has 0 bridgehead atoms. The molecular formula is C24H28F4N6O3. The second kappa shape index (κ2) is 9.58. The Morgan fingerprint density at radius 3 is 2.73 bits per heavy atom. The number of hydrogen-bond acceptors (Lipinski definition) is 6. The first-order valence-electron chi connectivity index (χ1n) is 12.2. The number of amides is 2. The predicted octanol–water partition coefficient (Wildman–Crippen LogP) is 2.76. The fourth-order valence-corrected chi connectivity index (χ4v) is 5.46. The van der Waals surface area contributed by atoms with Crippen molar-refractivity contribution < 1.29 is 31.9 Å². The summed E-state index contributed by atoms with van der Waals surface area (Å²) in [6.45, 7) is -0.136. The molecule has 2 aliphatic heterocycles. The van der Waals surface area contributed by atoms with Crippen LogP contribution in [0.3, 0.4) is 0 Å². The van der Waals surface area contributed by atoms with Crippen LogP contribution in [0, 0.1) is 11.7 Å². The molecule has 200 valence electrons. The molecule has 2 saturated heterocycles. The first-order chi connectivity index (χ1) is 17.6. The number of aromatic amines is 1. The van der Waals surface area contributed by atoms with E-state index in [0.717, 1.165) is 19.0 Å². The fourth-order valence-electron chi connectivity index (χ4n) is 5.46. The molecule has 0 radical (unpaired) electrons. The van der Waals surface area contributed by atoms with Crippen molar-refractivity contribution in [2.45, 2.75) is 49.9 Å². The number of nitrogens with zero attached hydrogens (tertiary/aromatic N) is 4. The second-order valence-electron chi connectivity index (χ2n) is 10.1. The summed E-state index contributed by atoms with van der Waals surface area (Å²) in [6, 6.07) is 2.59. The fraction of sp³-hybridized carbons (Fsp3) is 0.583. The summed E-state index contributed by atoms with van der Waals surface area (Å²) < 4.78 is 57.3. The molecule has 9 nitrogen and oxygen atoms in total. The number of H-pyrrole nitrogens is 1. The van der Waals surface area contributed by atoms with Crippen LogP contribution in [0.15, 0.2) is 18.3 Å². The lowest BCUT2D eigenvalue weighted by molar-refractivity contribution is -0.143. The van der Waals surface area contributed by atoms with Crippen LogP contribution in [0.5, 0.6) is 5.88 Å². The quantitative estimate of drug-likeness (QED) is 0.564. The van der Waals surface area contributed by atoms with Crippen molar-refractivity contribution >= 4 is 11.8 Å². The largest absolute Gasteiger partial charge is 0.481 e. The Balaban J connectivity index is 1.20. The highest BCUT2D eigenvalue weighted by Crippen LogP contribution is 2.50. The van der Waals surface area contributed by atoms with Crippen molar-refractivity contribution in [3.8, 4) is 17.1 Å². The van der Waals surface area contributed by atoms with Crippen LogP contribution in [0.2, 0.25) is 0 Å². The van der Waals surface area contributed by atoms with E-state index in [1.807, 2.05) is 0 Å². The van der Waals surface area contributed by atoms with Gasteiger partial charge in [0.15, 0.2) is 11.5 Å². The summed E-state index contributed by atoms with van der Waals surface area (Å²) >= 11 is 0. The number of carbonyl (C=O) groups excluding carboxylic acids is 2. The molecule has 13 heteroatoms. The van der Waals surface area contributed by atoms with Crippen LogP contribution in [-0.4, -0.2) is 87.8 Å². The van der Waals surface area contributed by atoms with E-state index in [9.17, 15) is 27.2 Å². The van der Waals surface area contributed by atoms with Crippen molar-refractivity contribution in [1.29, 1.82) is 0 Å². The van der Waals surface area contributed by atoms with E-state index in [4.69, 9.17) is 4.74 Å². The van der Waals surface area contributed by atoms with Gasteiger partial charge in [-0.1, -0.05) is 0 Å². The standard InChI is InChI=1S/C24H28F4N6O3/c1-37-20-8-16(17(25)11-29-20)18-9-19(32-31-18)22(36)34-7-2-14(10-23(34)4-5-23)21(35)30-15-3-6-33(12-15)13-24(26,27)28/h8-9,11,14-15H,2-7,10,12-13H2,1H3,(H,30,35)(H,31,32)/t14-,15-/m0/s1. The van der Waals surface area contributed by atoms with Gasteiger partial charge in [-0.25, -0.2) is 9.37 Å². The van der Waals surface area contributed by atoms with E-state index in [0.29, 0.717) is 38.0 Å². The lowest BCUT2D eigenvalue weighted by Crippen LogP contribution is -2.52. The van der Waals surface area contributed by atoms with Crippen molar-refractivity contribution in [1.82, 2.24) is 30.3 Å². The van der Waals surface area contributed by atoms with Crippen LogP contribution >= 0.6 is 0 Å². The molecule has 2 aromatic rings. The van der Waals surface area contributed by atoms with Crippen LogP contribution in [-0.2, 0) is 4.79 Å². The molecule has 5 rings (SSSR count). The SMILES string of the molecule is COc1cc(-c2cc(C(=O)N3CC[C@H](C(=O)N[C@H]4CCN(CC(F)(F)F)C4)CC34CC4)n[nH]2)c(F)cn1. The molecular weight excluding hydrogens is 496 g/mol. The maximum atomic E-state index is 14.3. The van der Waals surface area contributed by atoms with Gasteiger partial charge in [0.05, 0.1) is 25.5 Å². The zero-order chi connectivity index (χ0) is 26.4. The maximum Gasteiger partial charge on any atom is 0.401 e. The summed E-state index contributed by atoms with van der Waals surface area (Å²) in [5, 5.41) is 9.73. The summed E-state index contributed by atoms with van der Waals surface area (Å²) in [5.41, 5.74) is 0.210. The zero-order valence-electron chi connectivity index (χ0n) is 20.3. The number of hydrogen-bond donors (Lipinski definition) is 2. The second-order valence-corrected chi connectivity index (χ2v) is 10.1. The third-order valence-corrected chi connectivity index (χ3v) is 7.49. The van der Waals surface area contributed by atoms with E-state index < -0.39 is 24.1 Å². The molecule has 2 N–H and O–H groups in total. The van der Waals surface area contributed by atoms with Crippen LogP contribution < -0.4 is 10.1 Å². The number of methoxy groups -OCH3 is 1. The average Bonchev–Trinajstić information content (AvgIpc) is 3.23. The Bertz CT molecular complexity index is 1180. The minimum Gasteiger partial charge on any atom is -0.481 e. The van der Waals surface area contributed by atoms with Crippen LogP contribution in [0.4, 0.5) is 17.6 Å². The van der Waals surface area contributed by atoms with Gasteiger partial charge < -0.3 is 15.0 Å². The number of piperidine rings is 1. The molecule has 1 saturated carbocycles. The minimum atomic E-state index is -4.26. The van der Waals surface area contributed by atoms with E-state index in [1.165, 1.54) is 24.1 Å². The monoisotopic (exact) mass is 524 g/mol. The molecule has 37 heavy (non-hydrogen) atoms. The van der Waals surface area contributed by atoms with Crippen molar-refractivity contribution in [3.05, 3.63) is 29.8 Å². The van der Waals surface area contributed by atoms with Crippen LogP contribution in [0.1, 0.15) is 42.6 Å². The third-order valence-electron chi connectivity index (χ3n) is 7.49. The van der Waals surface area contributed by atoms with Gasteiger partial charge in [0.1, 0.15) is 0 Å². The Morgan fingerprint density at radius 1 is 1.24 bits per heavy atom. The Morgan fingerprint density at radius 2 is 2.03 bits per heavy atom. The van der Waals surface area contributed by atoms with Gasteiger partial charge in [-0.3, -0.25) is 19.6 Å². The van der Waals surface area contributed by atoms with Crippen molar-refractivity contribution in [2.75, 3.05) is 33.3 Å². The number of alkyl halides is 3. The molecule has 3 aliphatic rings. The predicted molar refractivity (Wildman–Crippen MR) is 123 cm³/mol. The summed E-state index contributed by atoms with van der Waals surface area (Å²) in [7, 11) is 1.42. The number of halogens is 4. The smallest absolute Gasteiger partial charge is 0.401 e. The molecule has 4 heterocycles. The van der Waals surface area contributed by atoms with Gasteiger partial charge in [0, 0.05) is 48.8 Å². The number of likely N-dealkylation sites (tertiary alicyclic amines) is 2. The molecule has 3 fully saturated rings. The molecule has 2 aromatic heterocycles. The minimum absolute atomic E-state index is 0.148. The lowest BCUT2D eigenvalue weighted by atomic mass is 9.87. The Kier molecular flexibility index (Phi) is 6.59. The highest BCUT2D eigenvalue weighted by Gasteiger charge is 2.55. The molecule has 1 aliphatic carbocycles. The van der Waals surface area contributed by atoms with Gasteiger partial charge in [-0.05, 0) is 38.2 Å². The Hall–Kier alpha value is -3.22. The van der Waals surface area contributed by atoms with Crippen LogP contribution in [0.25, 0.3) is 11.3 Å². The molecule has 0 aromatic carbocycles. The van der Waals surface area contributed by atoms with Gasteiger partial charge >= 0.3 is 6.18 Å². The molecule has 2 amide bonds. The molecule has 2 atom stereocenters. The van der Waals surface area contributed by atoms with Gasteiger partial charge in [-0.15, -0.1) is 0 Å². The zero-order valence-corrected chi connectivity index (χ0v) is 20.3. The van der Waals surface area contributed by atoms with E-state index in [-0.39, 0.29) is 47.5 Å². The number of pyridine rings is 1. The number of aromatic nitrogens is 3. The summed E-state index contributed by atoms with van der Waals surface area (Å²) in [6.07, 6.45) is -0.272. The molecule has 1 spiro atoms. The van der Waals surface area contributed by atoms with Gasteiger partial charge in [-0.2, -0.15) is 18.3 Å². The van der Waals surface area contributed by atoms with Crippen molar-refractivity contribution in [3.63, 3.8) is 0 Å². The number of ether oxygens (including phenoxy) is 1. The topological polar surface area (TPSA) is 103 Å². The summed E-state index contributed by atoms with van der Waals surface area (Å²) in [5.74, 6) is -1.13. The average molecular weight is 525 g/mol. The number of rotatable bonds is 6. The summed E-state index contributed by atoms with van der Waals surface area (Å²) in [4.78, 5) is 33.1. The van der Waals surface area contributed by atoms with E-state index >= 15 is 0 Å². The van der Waals surface area contributed by atoms with E-state index in [2.05, 4.69) is 20.5 Å². The first-order valence-corrected chi connectivity index (χ1v) is 12.2. The number of nitrogens with one attached hydrogen (secondary N) is 2.